The molecular weight excluding hydrogens is 986 g/mol. The maximum absolute atomic E-state index is 2.81. The Morgan fingerprint density at radius 3 is 1.64 bits per heavy atom. The third kappa shape index (κ3) is 6.85. The number of nitrogens with zero attached hydrogens (tertiary/aromatic N) is 3. The minimum atomic E-state index is -0.201. The molecule has 5 heterocycles. The molecule has 2 aromatic heterocycles. The number of benzene rings is 7. The summed E-state index contributed by atoms with van der Waals surface area (Å²) >= 11 is 2.09. The second kappa shape index (κ2) is 15.7. The summed E-state index contributed by atoms with van der Waals surface area (Å²) in [4.78, 5) is 5.58. The van der Waals surface area contributed by atoms with Crippen molar-refractivity contribution in [3.8, 4) is 5.69 Å². The van der Waals surface area contributed by atoms with Crippen molar-refractivity contribution in [3.63, 3.8) is 0 Å². The van der Waals surface area contributed by atoms with Crippen LogP contribution in [0.3, 0.4) is 0 Å². The number of aromatic nitrogens is 1. The van der Waals surface area contributed by atoms with Crippen LogP contribution in [-0.4, -0.2) is 11.3 Å². The zero-order chi connectivity index (χ0) is 56.1. The van der Waals surface area contributed by atoms with Gasteiger partial charge in [0.25, 0.3) is 6.71 Å². The first-order chi connectivity index (χ1) is 37.5. The van der Waals surface area contributed by atoms with Gasteiger partial charge in [0.05, 0.1) is 22.4 Å². The molecule has 3 aliphatic heterocycles. The van der Waals surface area contributed by atoms with E-state index in [9.17, 15) is 0 Å². The Morgan fingerprint density at radius 2 is 0.988 bits per heavy atom. The molecule has 6 aliphatic rings. The summed E-state index contributed by atoms with van der Waals surface area (Å²) in [5, 5.41) is 4.01. The van der Waals surface area contributed by atoms with Crippen molar-refractivity contribution >= 4 is 99.8 Å². The molecule has 3 nitrogen and oxygen atoms in total. The van der Waals surface area contributed by atoms with Crippen molar-refractivity contribution in [2.45, 2.75) is 200 Å². The maximum Gasteiger partial charge on any atom is 0.264 e. The molecule has 0 spiro atoms. The predicted octanol–water partition coefficient (Wildman–Crippen LogP) is 19.1. The molecule has 80 heavy (non-hydrogen) atoms. The molecule has 7 aromatic carbocycles. The van der Waals surface area contributed by atoms with Gasteiger partial charge in [0.1, 0.15) is 0 Å². The van der Waals surface area contributed by atoms with Crippen LogP contribution in [0, 0.1) is 0 Å². The molecule has 0 radical (unpaired) electrons. The summed E-state index contributed by atoms with van der Waals surface area (Å²) in [5.41, 5.74) is 27.4. The van der Waals surface area contributed by atoms with E-state index in [0.29, 0.717) is 0 Å². The lowest BCUT2D eigenvalue weighted by Crippen LogP contribution is -2.61. The molecule has 1 atom stereocenters. The lowest BCUT2D eigenvalue weighted by Gasteiger charge is -2.48. The van der Waals surface area contributed by atoms with Crippen LogP contribution in [0.4, 0.5) is 34.1 Å². The summed E-state index contributed by atoms with van der Waals surface area (Å²) in [6.45, 7) is 42.0. The molecule has 6 bridgehead atoms. The summed E-state index contributed by atoms with van der Waals surface area (Å²) in [5.74, 6) is 0. The van der Waals surface area contributed by atoms with Gasteiger partial charge in [0, 0.05) is 59.5 Å². The van der Waals surface area contributed by atoms with Crippen molar-refractivity contribution in [1.29, 1.82) is 0 Å². The van der Waals surface area contributed by atoms with Crippen LogP contribution in [0.5, 0.6) is 0 Å². The standard InChI is InChI=1S/C75H82BN3S/c1-68(2,3)44-32-45(69(4,5)6)34-47(33-44)78-61-41-55-54(72(11,12)27-28-73(55,13)14)40-58(61)76-65-62(78)37-48-38-63(65)79(66-51-39-53-56(42-64(51)80-67(66)76)74(15,16)29-26-71(53,9)10)46-23-25-52-57(36-46)75(17,31-30-70(52,7)8)43-22-24-50-49-20-18-19-21-59(49)77(48)60(50)35-43/h18-25,32-42H,26-31H2,1-17H3. The molecule has 0 saturated heterocycles. The molecule has 0 fully saturated rings. The fraction of sp³-hybridized carbons (Fsp3) is 0.413. The van der Waals surface area contributed by atoms with E-state index in [1.54, 1.807) is 0 Å². The quantitative estimate of drug-likeness (QED) is 0.152. The van der Waals surface area contributed by atoms with Gasteiger partial charge >= 0.3 is 0 Å². The van der Waals surface area contributed by atoms with Gasteiger partial charge < -0.3 is 14.4 Å². The first kappa shape index (κ1) is 50.9. The minimum absolute atomic E-state index is 0.000470. The average molecular weight is 1070 g/mol. The van der Waals surface area contributed by atoms with Gasteiger partial charge in [-0.15, -0.1) is 11.3 Å². The number of thiophene rings is 1. The normalized spacial score (nSPS) is 21.2. The van der Waals surface area contributed by atoms with Gasteiger partial charge in [-0.05, 0) is 204 Å². The monoisotopic (exact) mass is 1070 g/mol. The lowest BCUT2D eigenvalue weighted by atomic mass is 9.35. The molecule has 5 heteroatoms. The largest absolute Gasteiger partial charge is 0.311 e. The lowest BCUT2D eigenvalue weighted by molar-refractivity contribution is 0.332. The summed E-state index contributed by atoms with van der Waals surface area (Å²) in [6, 6.07) is 48.2. The number of para-hydroxylation sites is 1. The van der Waals surface area contributed by atoms with E-state index in [1.807, 2.05) is 0 Å². The zero-order valence-electron chi connectivity index (χ0n) is 51.0. The van der Waals surface area contributed by atoms with Gasteiger partial charge in [-0.2, -0.15) is 0 Å². The van der Waals surface area contributed by atoms with Crippen LogP contribution in [0.2, 0.25) is 0 Å². The van der Waals surface area contributed by atoms with Gasteiger partial charge in [0.2, 0.25) is 0 Å². The molecule has 0 N–H and O–H groups in total. The number of hydrogen-bond donors (Lipinski definition) is 0. The Bertz CT molecular complexity index is 4200. The second-order valence-electron chi connectivity index (χ2n) is 31.5. The Hall–Kier alpha value is -6.04. The Labute approximate surface area is 481 Å². The Morgan fingerprint density at radius 1 is 0.425 bits per heavy atom. The highest BCUT2D eigenvalue weighted by Crippen LogP contribution is 2.58. The van der Waals surface area contributed by atoms with E-state index in [1.165, 1.54) is 157 Å². The van der Waals surface area contributed by atoms with Crippen molar-refractivity contribution < 1.29 is 0 Å². The number of hydrogen-bond acceptors (Lipinski definition) is 3. The third-order valence-electron chi connectivity index (χ3n) is 21.9. The maximum atomic E-state index is 2.81. The van der Waals surface area contributed by atoms with Gasteiger partial charge in [0.15, 0.2) is 0 Å². The van der Waals surface area contributed by atoms with Crippen molar-refractivity contribution in [2.75, 3.05) is 9.80 Å². The van der Waals surface area contributed by atoms with Crippen molar-refractivity contribution in [1.82, 2.24) is 4.57 Å². The topological polar surface area (TPSA) is 11.4 Å². The predicted molar refractivity (Wildman–Crippen MR) is 347 cm³/mol. The van der Waals surface area contributed by atoms with Crippen molar-refractivity contribution in [3.05, 3.63) is 165 Å². The molecule has 3 aliphatic carbocycles. The minimum Gasteiger partial charge on any atom is -0.311 e. The third-order valence-corrected chi connectivity index (χ3v) is 23.1. The molecule has 0 saturated carbocycles. The first-order valence-corrected chi connectivity index (χ1v) is 31.2. The van der Waals surface area contributed by atoms with Crippen LogP contribution >= 0.6 is 11.3 Å². The molecular formula is C75H82BN3S. The Kier molecular flexibility index (Phi) is 10.0. The highest BCUT2D eigenvalue weighted by Gasteiger charge is 2.50. The summed E-state index contributed by atoms with van der Waals surface area (Å²) in [6.07, 6.45) is 6.92. The molecule has 0 amide bonds. The van der Waals surface area contributed by atoms with E-state index >= 15 is 0 Å². The first-order valence-electron chi connectivity index (χ1n) is 30.4. The van der Waals surface area contributed by atoms with Crippen molar-refractivity contribution in [2.24, 2.45) is 0 Å². The van der Waals surface area contributed by atoms with E-state index in [0.717, 1.165) is 19.3 Å². The van der Waals surface area contributed by atoms with Crippen LogP contribution in [0.1, 0.15) is 206 Å². The fourth-order valence-electron chi connectivity index (χ4n) is 16.3. The average Bonchev–Trinajstić information content (AvgIpc) is 1.74. The van der Waals surface area contributed by atoms with E-state index < -0.39 is 0 Å². The van der Waals surface area contributed by atoms with Gasteiger partial charge in [-0.1, -0.05) is 166 Å². The van der Waals surface area contributed by atoms with E-state index in [-0.39, 0.29) is 50.0 Å². The smallest absolute Gasteiger partial charge is 0.264 e. The van der Waals surface area contributed by atoms with Crippen LogP contribution in [0.15, 0.2) is 115 Å². The van der Waals surface area contributed by atoms with Crippen LogP contribution < -0.4 is 25.5 Å². The fourth-order valence-corrected chi connectivity index (χ4v) is 17.6. The highest BCUT2D eigenvalue weighted by atomic mass is 32.1. The molecule has 1 unspecified atom stereocenters. The van der Waals surface area contributed by atoms with Crippen LogP contribution in [0.25, 0.3) is 37.6 Å². The summed E-state index contributed by atoms with van der Waals surface area (Å²) < 4.78 is 5.54. The zero-order valence-corrected chi connectivity index (χ0v) is 51.9. The SMILES string of the molecule is CC(C)(C)c1cc(N2c3cc4c(cc3B3c5sc6cc7c(cc6c5N5c6ccc8c(c6)C(C)(CCC8(C)C)c6ccc8c9ccccc9n(c8c6)-c6cc2c3c5c6)C(C)(C)CCC7(C)C)C(C)(C)CCC4(C)C)cc(C(C)(C)C)c1. The van der Waals surface area contributed by atoms with Gasteiger partial charge in [-0.25, -0.2) is 0 Å². The number of rotatable bonds is 1. The number of fused-ring (bicyclic) bond motifs is 18. The Balaban J connectivity index is 1.17. The second-order valence-corrected chi connectivity index (χ2v) is 32.6. The van der Waals surface area contributed by atoms with Gasteiger partial charge in [-0.3, -0.25) is 0 Å². The van der Waals surface area contributed by atoms with Crippen LogP contribution in [-0.2, 0) is 43.3 Å². The molecule has 406 valence electrons. The van der Waals surface area contributed by atoms with E-state index in [4.69, 9.17) is 0 Å². The summed E-state index contributed by atoms with van der Waals surface area (Å²) in [7, 11) is 0. The van der Waals surface area contributed by atoms with E-state index in [2.05, 4.69) is 259 Å². The molecule has 9 aromatic rings. The highest BCUT2D eigenvalue weighted by molar-refractivity contribution is 7.33. The molecule has 15 rings (SSSR count). The number of anilines is 6.